The van der Waals surface area contributed by atoms with Crippen molar-refractivity contribution >= 4 is 32.7 Å². The molecule has 0 radical (unpaired) electrons. The molecule has 0 aliphatic heterocycles. The summed E-state index contributed by atoms with van der Waals surface area (Å²) in [7, 11) is 0. The van der Waals surface area contributed by atoms with Crippen LogP contribution >= 0.6 is 0 Å². The van der Waals surface area contributed by atoms with Crippen LogP contribution in [0, 0.1) is 0 Å². The van der Waals surface area contributed by atoms with Crippen LogP contribution in [0.2, 0.25) is 0 Å². The lowest BCUT2D eigenvalue weighted by Gasteiger charge is -2.34. The molecule has 11 rings (SSSR count). The van der Waals surface area contributed by atoms with Crippen LogP contribution in [0.1, 0.15) is 22.3 Å². The van der Waals surface area contributed by atoms with E-state index in [0.717, 1.165) is 38.6 Å². The number of fused-ring (bicyclic) bond motifs is 8. The van der Waals surface area contributed by atoms with Gasteiger partial charge in [-0.15, -0.1) is 0 Å². The average molecular weight is 690 g/mol. The molecule has 4 heteroatoms. The lowest BCUT2D eigenvalue weighted by Crippen LogP contribution is -2.28. The second-order valence-electron chi connectivity index (χ2n) is 13.9. The lowest BCUT2D eigenvalue weighted by molar-refractivity contribution is 0.669. The van der Waals surface area contributed by atoms with Gasteiger partial charge in [0.1, 0.15) is 11.2 Å². The van der Waals surface area contributed by atoms with Gasteiger partial charge in [0.05, 0.1) is 11.0 Å². The van der Waals surface area contributed by atoms with Crippen molar-refractivity contribution in [1.82, 2.24) is 15.0 Å². The van der Waals surface area contributed by atoms with E-state index in [4.69, 9.17) is 19.4 Å². The zero-order valence-electron chi connectivity index (χ0n) is 29.1. The molecule has 2 heterocycles. The minimum Gasteiger partial charge on any atom is -0.455 e. The Bertz CT molecular complexity index is 3040. The van der Waals surface area contributed by atoms with E-state index in [9.17, 15) is 0 Å². The predicted octanol–water partition coefficient (Wildman–Crippen LogP) is 12.3. The van der Waals surface area contributed by atoms with E-state index in [1.54, 1.807) is 0 Å². The summed E-state index contributed by atoms with van der Waals surface area (Å²) < 4.78 is 6.44. The van der Waals surface area contributed by atoms with Gasteiger partial charge in [-0.1, -0.05) is 176 Å². The predicted molar refractivity (Wildman–Crippen MR) is 218 cm³/mol. The molecule has 0 bridgehead atoms. The summed E-state index contributed by atoms with van der Waals surface area (Å²) >= 11 is 0. The molecule has 4 nitrogen and oxygen atoms in total. The van der Waals surface area contributed by atoms with Crippen LogP contribution in [0.4, 0.5) is 0 Å². The first-order chi connectivity index (χ1) is 26.8. The van der Waals surface area contributed by atoms with Crippen LogP contribution in [0.25, 0.3) is 78.0 Å². The van der Waals surface area contributed by atoms with Gasteiger partial charge in [-0.3, -0.25) is 0 Å². The topological polar surface area (TPSA) is 51.8 Å². The molecule has 1 atom stereocenters. The monoisotopic (exact) mass is 689 g/mol. The Morgan fingerprint density at radius 1 is 0.370 bits per heavy atom. The van der Waals surface area contributed by atoms with Crippen LogP contribution in [-0.4, -0.2) is 15.0 Å². The first-order valence-electron chi connectivity index (χ1n) is 18.3. The number of nitrogens with zero attached hydrogens (tertiary/aromatic N) is 3. The summed E-state index contributed by atoms with van der Waals surface area (Å²) in [6.07, 6.45) is 0. The molecule has 54 heavy (non-hydrogen) atoms. The van der Waals surface area contributed by atoms with Crippen molar-refractivity contribution in [2.45, 2.75) is 5.41 Å². The van der Waals surface area contributed by atoms with Crippen LogP contribution in [0.3, 0.4) is 0 Å². The number of aromatic nitrogens is 3. The third-order valence-electron chi connectivity index (χ3n) is 11.0. The summed E-state index contributed by atoms with van der Waals surface area (Å²) in [5, 5.41) is 4.61. The zero-order chi connectivity index (χ0) is 35.6. The summed E-state index contributed by atoms with van der Waals surface area (Å²) in [4.78, 5) is 15.3. The minimum absolute atomic E-state index is 0.522. The van der Waals surface area contributed by atoms with Crippen molar-refractivity contribution in [2.75, 3.05) is 0 Å². The number of benzene rings is 8. The van der Waals surface area contributed by atoms with Crippen molar-refractivity contribution in [3.63, 3.8) is 0 Å². The summed E-state index contributed by atoms with van der Waals surface area (Å²) in [5.41, 5.74) is 11.3. The van der Waals surface area contributed by atoms with E-state index in [-0.39, 0.29) is 0 Å². The SMILES string of the molecule is c1ccc(-c2nc(-c3ccc(C4(c5ccccc5)c5ccccc5-c5c4ccc4ccccc54)cc3)nc(-c3cccc4c3oc3ccccc34)n2)cc1. The van der Waals surface area contributed by atoms with Gasteiger partial charge < -0.3 is 4.42 Å². The molecule has 0 spiro atoms. The molecule has 10 aromatic rings. The highest BCUT2D eigenvalue weighted by atomic mass is 16.3. The van der Waals surface area contributed by atoms with Crippen LogP contribution < -0.4 is 0 Å². The summed E-state index contributed by atoms with van der Waals surface area (Å²) in [6.45, 7) is 0. The first kappa shape index (κ1) is 30.5. The highest BCUT2D eigenvalue weighted by molar-refractivity contribution is 6.09. The van der Waals surface area contributed by atoms with E-state index in [2.05, 4.69) is 127 Å². The number of rotatable bonds is 5. The fourth-order valence-electron chi connectivity index (χ4n) is 8.66. The second kappa shape index (κ2) is 11.9. The standard InChI is InChI=1S/C50H31N3O/c1-3-15-33(16-4-1)47-51-48(53-49(52-47)41-23-13-22-39-38-20-10-12-25-44(38)54-46(39)41)34-26-29-36(30-27-34)50(35-17-5-2-6-18-35)42-24-11-9-21-40(42)45-37-19-8-7-14-32(37)28-31-43(45)50/h1-31H. The Hall–Kier alpha value is -7.17. The Kier molecular flexibility index (Phi) is 6.73. The molecule has 1 aliphatic rings. The Morgan fingerprint density at radius 2 is 0.963 bits per heavy atom. The Labute approximate surface area is 312 Å². The quantitative estimate of drug-likeness (QED) is 0.180. The van der Waals surface area contributed by atoms with Crippen molar-refractivity contribution in [3.05, 3.63) is 210 Å². The smallest absolute Gasteiger partial charge is 0.167 e. The van der Waals surface area contributed by atoms with Gasteiger partial charge >= 0.3 is 0 Å². The van der Waals surface area contributed by atoms with Gasteiger partial charge in [-0.25, -0.2) is 15.0 Å². The minimum atomic E-state index is -0.522. The Balaban J connectivity index is 1.12. The van der Waals surface area contributed by atoms with Crippen LogP contribution in [-0.2, 0) is 5.41 Å². The first-order valence-corrected chi connectivity index (χ1v) is 18.3. The third-order valence-corrected chi connectivity index (χ3v) is 11.0. The molecule has 252 valence electrons. The molecule has 0 saturated heterocycles. The summed E-state index contributed by atoms with van der Waals surface area (Å²) in [6, 6.07) is 66.4. The molecule has 1 unspecified atom stereocenters. The zero-order valence-corrected chi connectivity index (χ0v) is 29.1. The lowest BCUT2D eigenvalue weighted by atomic mass is 9.67. The number of hydrogen-bond acceptors (Lipinski definition) is 4. The summed E-state index contributed by atoms with van der Waals surface area (Å²) in [5.74, 6) is 1.78. The van der Waals surface area contributed by atoms with Gasteiger partial charge in [0.2, 0.25) is 0 Å². The van der Waals surface area contributed by atoms with Gasteiger partial charge in [0, 0.05) is 21.9 Å². The van der Waals surface area contributed by atoms with E-state index < -0.39 is 5.41 Å². The molecule has 1 aliphatic carbocycles. The van der Waals surface area contributed by atoms with Crippen molar-refractivity contribution in [3.8, 4) is 45.3 Å². The number of hydrogen-bond donors (Lipinski definition) is 0. The molecule has 0 fully saturated rings. The molecule has 0 amide bonds. The number of para-hydroxylation sites is 2. The molecular weight excluding hydrogens is 659 g/mol. The van der Waals surface area contributed by atoms with Crippen molar-refractivity contribution < 1.29 is 4.42 Å². The maximum Gasteiger partial charge on any atom is 0.167 e. The van der Waals surface area contributed by atoms with E-state index >= 15 is 0 Å². The number of furan rings is 1. The van der Waals surface area contributed by atoms with Gasteiger partial charge in [0.25, 0.3) is 0 Å². The van der Waals surface area contributed by atoms with Gasteiger partial charge in [-0.2, -0.15) is 0 Å². The molecule has 2 aromatic heterocycles. The molecule has 0 saturated carbocycles. The maximum absolute atomic E-state index is 6.44. The van der Waals surface area contributed by atoms with Crippen molar-refractivity contribution in [2.24, 2.45) is 0 Å². The van der Waals surface area contributed by atoms with E-state index in [0.29, 0.717) is 17.5 Å². The highest BCUT2D eigenvalue weighted by Crippen LogP contribution is 2.57. The fourth-order valence-corrected chi connectivity index (χ4v) is 8.66. The van der Waals surface area contributed by atoms with Gasteiger partial charge in [-0.05, 0) is 56.3 Å². The van der Waals surface area contributed by atoms with Crippen LogP contribution in [0.15, 0.2) is 192 Å². The largest absolute Gasteiger partial charge is 0.455 e. The highest BCUT2D eigenvalue weighted by Gasteiger charge is 2.46. The average Bonchev–Trinajstić information content (AvgIpc) is 3.79. The Morgan fingerprint density at radius 3 is 1.78 bits per heavy atom. The van der Waals surface area contributed by atoms with E-state index in [1.807, 2.05) is 60.7 Å². The molecule has 8 aromatic carbocycles. The van der Waals surface area contributed by atoms with Gasteiger partial charge in [0.15, 0.2) is 17.5 Å². The normalized spacial score (nSPS) is 14.7. The van der Waals surface area contributed by atoms with Crippen LogP contribution in [0.5, 0.6) is 0 Å². The molecular formula is C50H31N3O. The fraction of sp³-hybridized carbons (Fsp3) is 0.0200. The van der Waals surface area contributed by atoms with E-state index in [1.165, 1.54) is 44.2 Å². The third kappa shape index (κ3) is 4.47. The molecule has 0 N–H and O–H groups in total. The van der Waals surface area contributed by atoms with Crippen molar-refractivity contribution in [1.29, 1.82) is 0 Å². The maximum atomic E-state index is 6.44. The second-order valence-corrected chi connectivity index (χ2v) is 13.9.